The van der Waals surface area contributed by atoms with Gasteiger partial charge in [-0.3, -0.25) is 0 Å². The molecule has 0 saturated carbocycles. The minimum atomic E-state index is 0.481. The number of benzene rings is 1. The molecule has 19 heavy (non-hydrogen) atoms. The maximum Gasteiger partial charge on any atom is 0.200 e. The first-order valence-corrected chi connectivity index (χ1v) is 6.01. The summed E-state index contributed by atoms with van der Waals surface area (Å²) < 4.78 is 12.7. The number of aryl methyl sites for hydroxylation is 2. The van der Waals surface area contributed by atoms with Crippen molar-refractivity contribution >= 4 is 5.95 Å². The summed E-state index contributed by atoms with van der Waals surface area (Å²) in [5, 5.41) is 0. The van der Waals surface area contributed by atoms with Crippen LogP contribution in [0.1, 0.15) is 11.3 Å². The second kappa shape index (κ2) is 4.84. The zero-order valence-electron chi connectivity index (χ0n) is 11.9. The summed E-state index contributed by atoms with van der Waals surface area (Å²) in [4.78, 5) is 4.28. The lowest BCUT2D eigenvalue weighted by Crippen LogP contribution is -2.00. The maximum absolute atomic E-state index is 5.85. The van der Waals surface area contributed by atoms with Crippen molar-refractivity contribution in [3.05, 3.63) is 23.4 Å². The summed E-state index contributed by atoms with van der Waals surface area (Å²) in [5.41, 5.74) is 9.60. The van der Waals surface area contributed by atoms with Crippen LogP contribution in [0.15, 0.2) is 12.1 Å². The molecule has 1 heterocycles. The third kappa shape index (κ3) is 2.12. The fourth-order valence-electron chi connectivity index (χ4n) is 2.27. The van der Waals surface area contributed by atoms with E-state index < -0.39 is 0 Å². The number of imidazole rings is 1. The molecule has 0 bridgehead atoms. The lowest BCUT2D eigenvalue weighted by Gasteiger charge is -2.14. The summed E-state index contributed by atoms with van der Waals surface area (Å²) >= 11 is 0. The van der Waals surface area contributed by atoms with Gasteiger partial charge in [-0.2, -0.15) is 0 Å². The van der Waals surface area contributed by atoms with Gasteiger partial charge in [0.2, 0.25) is 5.95 Å². The van der Waals surface area contributed by atoms with Gasteiger partial charge >= 0.3 is 0 Å². The molecule has 0 unspecified atom stereocenters. The molecular weight excluding hydrogens is 242 g/mol. The molecule has 0 aliphatic carbocycles. The number of nitrogen functional groups attached to an aromatic ring is 1. The second-order valence-electron chi connectivity index (χ2n) is 4.49. The molecule has 1 aromatic carbocycles. The van der Waals surface area contributed by atoms with Gasteiger partial charge in [-0.05, 0) is 31.5 Å². The van der Waals surface area contributed by atoms with Crippen LogP contribution in [-0.4, -0.2) is 23.8 Å². The summed E-state index contributed by atoms with van der Waals surface area (Å²) in [6.45, 7) is 3.91. The van der Waals surface area contributed by atoms with Crippen LogP contribution >= 0.6 is 0 Å². The van der Waals surface area contributed by atoms with Crippen molar-refractivity contribution in [1.82, 2.24) is 9.55 Å². The van der Waals surface area contributed by atoms with E-state index in [4.69, 9.17) is 15.2 Å². The Balaban J connectivity index is 2.73. The smallest absolute Gasteiger partial charge is 0.200 e. The van der Waals surface area contributed by atoms with E-state index in [1.54, 1.807) is 14.2 Å². The van der Waals surface area contributed by atoms with Gasteiger partial charge in [-0.15, -0.1) is 0 Å². The maximum atomic E-state index is 5.85. The van der Waals surface area contributed by atoms with Crippen molar-refractivity contribution in [3.63, 3.8) is 0 Å². The molecular formula is C14H19N3O2. The highest BCUT2D eigenvalue weighted by Gasteiger charge is 2.17. The van der Waals surface area contributed by atoms with Crippen molar-refractivity contribution in [1.29, 1.82) is 0 Å². The van der Waals surface area contributed by atoms with Crippen molar-refractivity contribution in [2.45, 2.75) is 13.8 Å². The van der Waals surface area contributed by atoms with Gasteiger partial charge in [0.25, 0.3) is 0 Å². The number of hydrogen-bond donors (Lipinski definition) is 1. The molecule has 5 heteroatoms. The van der Waals surface area contributed by atoms with Crippen molar-refractivity contribution < 1.29 is 9.47 Å². The van der Waals surface area contributed by atoms with E-state index in [0.717, 1.165) is 34.0 Å². The van der Waals surface area contributed by atoms with Crippen LogP contribution in [-0.2, 0) is 7.05 Å². The molecule has 0 amide bonds. The Morgan fingerprint density at radius 3 is 2.21 bits per heavy atom. The lowest BCUT2D eigenvalue weighted by atomic mass is 10.1. The SMILES string of the molecule is COc1cc(-c2c(C)nc(N)n2C)c(OC)cc1C. The summed E-state index contributed by atoms with van der Waals surface area (Å²) in [6.07, 6.45) is 0. The van der Waals surface area contributed by atoms with Crippen LogP contribution in [0.4, 0.5) is 5.95 Å². The van der Waals surface area contributed by atoms with Gasteiger partial charge in [-0.25, -0.2) is 4.98 Å². The third-order valence-corrected chi connectivity index (χ3v) is 3.28. The Labute approximate surface area is 113 Å². The van der Waals surface area contributed by atoms with Crippen LogP contribution in [0.5, 0.6) is 11.5 Å². The number of hydrogen-bond acceptors (Lipinski definition) is 4. The van der Waals surface area contributed by atoms with Crippen LogP contribution in [0, 0.1) is 13.8 Å². The summed E-state index contributed by atoms with van der Waals surface area (Å²) in [5.74, 6) is 2.08. The number of nitrogens with two attached hydrogens (primary N) is 1. The second-order valence-corrected chi connectivity index (χ2v) is 4.49. The van der Waals surface area contributed by atoms with Crippen LogP contribution < -0.4 is 15.2 Å². The Morgan fingerprint density at radius 2 is 1.74 bits per heavy atom. The molecule has 0 spiro atoms. The Bertz CT molecular complexity index is 618. The molecule has 0 radical (unpaired) electrons. The molecule has 0 fully saturated rings. The van der Waals surface area contributed by atoms with Crippen molar-refractivity contribution in [3.8, 4) is 22.8 Å². The Kier molecular flexibility index (Phi) is 3.38. The van der Waals surface area contributed by atoms with E-state index >= 15 is 0 Å². The zero-order chi connectivity index (χ0) is 14.2. The van der Waals surface area contributed by atoms with Gasteiger partial charge in [0.05, 0.1) is 25.6 Å². The zero-order valence-corrected chi connectivity index (χ0v) is 11.9. The first-order chi connectivity index (χ1) is 8.99. The van der Waals surface area contributed by atoms with E-state index in [1.807, 2.05) is 37.6 Å². The highest BCUT2D eigenvalue weighted by atomic mass is 16.5. The van der Waals surface area contributed by atoms with Gasteiger partial charge in [0, 0.05) is 12.6 Å². The topological polar surface area (TPSA) is 62.3 Å². The highest BCUT2D eigenvalue weighted by molar-refractivity contribution is 5.73. The molecule has 0 aliphatic heterocycles. The number of anilines is 1. The van der Waals surface area contributed by atoms with E-state index in [2.05, 4.69) is 4.98 Å². The van der Waals surface area contributed by atoms with E-state index in [1.165, 1.54) is 0 Å². The van der Waals surface area contributed by atoms with Crippen molar-refractivity contribution in [2.75, 3.05) is 20.0 Å². The first kappa shape index (κ1) is 13.3. The first-order valence-electron chi connectivity index (χ1n) is 6.01. The quantitative estimate of drug-likeness (QED) is 0.921. The molecule has 5 nitrogen and oxygen atoms in total. The van der Waals surface area contributed by atoms with Gasteiger partial charge in [0.1, 0.15) is 11.5 Å². The molecule has 1 aromatic heterocycles. The normalized spacial score (nSPS) is 10.6. The van der Waals surface area contributed by atoms with Crippen molar-refractivity contribution in [2.24, 2.45) is 7.05 Å². The Morgan fingerprint density at radius 1 is 1.11 bits per heavy atom. The fourth-order valence-corrected chi connectivity index (χ4v) is 2.27. The summed E-state index contributed by atoms with van der Waals surface area (Å²) in [6, 6.07) is 3.91. The van der Waals surface area contributed by atoms with Gasteiger partial charge in [-0.1, -0.05) is 0 Å². The van der Waals surface area contributed by atoms with Gasteiger partial charge < -0.3 is 19.8 Å². The molecule has 0 atom stereocenters. The van der Waals surface area contributed by atoms with Gasteiger partial charge in [0.15, 0.2) is 0 Å². The van der Waals surface area contributed by atoms with Crippen LogP contribution in [0.25, 0.3) is 11.3 Å². The number of methoxy groups -OCH3 is 2. The average Bonchev–Trinajstić information content (AvgIpc) is 2.63. The average molecular weight is 261 g/mol. The van der Waals surface area contributed by atoms with Crippen LogP contribution in [0.3, 0.4) is 0 Å². The molecule has 2 aromatic rings. The predicted molar refractivity (Wildman–Crippen MR) is 75.6 cm³/mol. The Hall–Kier alpha value is -2.17. The summed E-state index contributed by atoms with van der Waals surface area (Å²) in [7, 11) is 5.19. The van der Waals surface area contributed by atoms with Crippen LogP contribution in [0.2, 0.25) is 0 Å². The number of ether oxygens (including phenoxy) is 2. The monoisotopic (exact) mass is 261 g/mol. The molecule has 0 saturated heterocycles. The molecule has 2 rings (SSSR count). The largest absolute Gasteiger partial charge is 0.496 e. The molecule has 0 aliphatic rings. The highest BCUT2D eigenvalue weighted by Crippen LogP contribution is 2.37. The minimum Gasteiger partial charge on any atom is -0.496 e. The fraction of sp³-hybridized carbons (Fsp3) is 0.357. The number of aromatic nitrogens is 2. The van der Waals surface area contributed by atoms with E-state index in [0.29, 0.717) is 5.95 Å². The minimum absolute atomic E-state index is 0.481. The third-order valence-electron chi connectivity index (χ3n) is 3.28. The molecule has 2 N–H and O–H groups in total. The molecule has 102 valence electrons. The predicted octanol–water partition coefficient (Wildman–Crippen LogP) is 2.30. The lowest BCUT2D eigenvalue weighted by molar-refractivity contribution is 0.401. The van der Waals surface area contributed by atoms with E-state index in [-0.39, 0.29) is 0 Å². The standard InChI is InChI=1S/C14H19N3O2/c1-8-6-12(19-5)10(7-11(8)18-4)13-9(2)16-14(15)17(13)3/h6-7H,1-5H3,(H2,15,16). The number of nitrogens with zero attached hydrogens (tertiary/aromatic N) is 2. The van der Waals surface area contributed by atoms with E-state index in [9.17, 15) is 0 Å². The number of rotatable bonds is 3.